The van der Waals surface area contributed by atoms with Gasteiger partial charge in [0.1, 0.15) is 5.01 Å². The Labute approximate surface area is 138 Å². The first-order valence-corrected chi connectivity index (χ1v) is 9.22. The van der Waals surface area contributed by atoms with E-state index in [2.05, 4.69) is 46.3 Å². The third kappa shape index (κ3) is 5.25. The molecule has 1 aromatic heterocycles. The summed E-state index contributed by atoms with van der Waals surface area (Å²) in [6, 6.07) is 0.629. The molecule has 1 atom stereocenters. The molecule has 0 amide bonds. The first-order valence-electron chi connectivity index (χ1n) is 8.40. The van der Waals surface area contributed by atoms with Crippen LogP contribution in [-0.4, -0.2) is 48.1 Å². The molecular weight excluding hydrogens is 294 g/mol. The molecule has 1 aromatic rings. The van der Waals surface area contributed by atoms with Crippen LogP contribution in [0.4, 0.5) is 0 Å². The zero-order valence-electron chi connectivity index (χ0n) is 14.1. The van der Waals surface area contributed by atoms with Gasteiger partial charge in [0.2, 0.25) is 0 Å². The summed E-state index contributed by atoms with van der Waals surface area (Å²) in [5.41, 5.74) is 0. The van der Waals surface area contributed by atoms with Gasteiger partial charge in [-0.15, -0.1) is 11.3 Å². The van der Waals surface area contributed by atoms with Crippen LogP contribution in [0.1, 0.15) is 43.0 Å². The van der Waals surface area contributed by atoms with Crippen LogP contribution in [0.5, 0.6) is 0 Å². The topological polar surface area (TPSA) is 52.6 Å². The summed E-state index contributed by atoms with van der Waals surface area (Å²) in [6.45, 7) is 11.3. The Morgan fingerprint density at radius 2 is 2.27 bits per heavy atom. The number of likely N-dealkylation sites (N-methyl/N-ethyl adjacent to an activating group) is 1. The van der Waals surface area contributed by atoms with Gasteiger partial charge in [-0.05, 0) is 39.8 Å². The van der Waals surface area contributed by atoms with Crippen LogP contribution in [0.3, 0.4) is 0 Å². The first kappa shape index (κ1) is 17.2. The molecule has 0 aliphatic carbocycles. The smallest absolute Gasteiger partial charge is 0.191 e. The molecule has 1 fully saturated rings. The lowest BCUT2D eigenvalue weighted by Crippen LogP contribution is -2.49. The van der Waals surface area contributed by atoms with Gasteiger partial charge in [0, 0.05) is 30.2 Å². The Kier molecular flexibility index (Phi) is 7.12. The number of piperidine rings is 1. The third-order valence-electron chi connectivity index (χ3n) is 4.05. The van der Waals surface area contributed by atoms with Crippen molar-refractivity contribution in [1.82, 2.24) is 20.5 Å². The van der Waals surface area contributed by atoms with Gasteiger partial charge in [0.25, 0.3) is 0 Å². The van der Waals surface area contributed by atoms with Gasteiger partial charge in [-0.25, -0.2) is 9.98 Å². The van der Waals surface area contributed by atoms with Crippen LogP contribution < -0.4 is 10.6 Å². The van der Waals surface area contributed by atoms with E-state index in [0.29, 0.717) is 12.6 Å². The van der Waals surface area contributed by atoms with E-state index >= 15 is 0 Å². The maximum atomic E-state index is 4.66. The SMILES string of the molecule is CCNC(=NCc1ncc(C)s1)NCC1CCCCN1CC. The van der Waals surface area contributed by atoms with Gasteiger partial charge in [-0.1, -0.05) is 13.3 Å². The van der Waals surface area contributed by atoms with E-state index in [0.717, 1.165) is 30.6 Å². The van der Waals surface area contributed by atoms with Crippen molar-refractivity contribution in [3.8, 4) is 0 Å². The second-order valence-electron chi connectivity index (χ2n) is 5.72. The van der Waals surface area contributed by atoms with Gasteiger partial charge in [-0.3, -0.25) is 4.90 Å². The van der Waals surface area contributed by atoms with Crippen molar-refractivity contribution in [2.24, 2.45) is 4.99 Å². The van der Waals surface area contributed by atoms with E-state index in [9.17, 15) is 0 Å². The van der Waals surface area contributed by atoms with Gasteiger partial charge >= 0.3 is 0 Å². The molecule has 1 saturated heterocycles. The minimum absolute atomic E-state index is 0.629. The zero-order chi connectivity index (χ0) is 15.8. The van der Waals surface area contributed by atoms with Crippen LogP contribution in [0.15, 0.2) is 11.2 Å². The van der Waals surface area contributed by atoms with Crippen molar-refractivity contribution in [3.63, 3.8) is 0 Å². The minimum atomic E-state index is 0.629. The van der Waals surface area contributed by atoms with Crippen LogP contribution in [0, 0.1) is 6.92 Å². The molecule has 2 heterocycles. The van der Waals surface area contributed by atoms with Crippen molar-refractivity contribution >= 4 is 17.3 Å². The van der Waals surface area contributed by atoms with Crippen molar-refractivity contribution < 1.29 is 0 Å². The highest BCUT2D eigenvalue weighted by Crippen LogP contribution is 2.15. The number of guanidine groups is 1. The molecule has 0 spiro atoms. The van der Waals surface area contributed by atoms with Gasteiger partial charge in [0.15, 0.2) is 5.96 Å². The standard InChI is InChI=1S/C16H29N5S/c1-4-17-16(20-12-15-18-10-13(3)22-15)19-11-14-8-6-7-9-21(14)5-2/h10,14H,4-9,11-12H2,1-3H3,(H2,17,19,20). The number of hydrogen-bond donors (Lipinski definition) is 2. The molecular formula is C16H29N5S. The highest BCUT2D eigenvalue weighted by Gasteiger charge is 2.20. The predicted octanol–water partition coefficient (Wildman–Crippen LogP) is 2.38. The fourth-order valence-electron chi connectivity index (χ4n) is 2.88. The molecule has 124 valence electrons. The Balaban J connectivity index is 1.87. The molecule has 1 aliphatic heterocycles. The predicted molar refractivity (Wildman–Crippen MR) is 94.6 cm³/mol. The summed E-state index contributed by atoms with van der Waals surface area (Å²) in [4.78, 5) is 12.8. The number of likely N-dealkylation sites (tertiary alicyclic amines) is 1. The number of thiazole rings is 1. The second kappa shape index (κ2) is 9.10. The number of hydrogen-bond acceptors (Lipinski definition) is 4. The first-order chi connectivity index (χ1) is 10.7. The highest BCUT2D eigenvalue weighted by atomic mass is 32.1. The number of rotatable bonds is 6. The maximum Gasteiger partial charge on any atom is 0.191 e. The maximum absolute atomic E-state index is 4.66. The van der Waals surface area contributed by atoms with Crippen molar-refractivity contribution in [2.45, 2.75) is 52.6 Å². The number of nitrogens with one attached hydrogen (secondary N) is 2. The molecule has 0 radical (unpaired) electrons. The summed E-state index contributed by atoms with van der Waals surface area (Å²) in [6.07, 6.45) is 5.87. The second-order valence-corrected chi connectivity index (χ2v) is 7.04. The number of aromatic nitrogens is 1. The molecule has 2 N–H and O–H groups in total. The lowest BCUT2D eigenvalue weighted by Gasteiger charge is -2.35. The molecule has 1 aliphatic rings. The number of aryl methyl sites for hydroxylation is 1. The monoisotopic (exact) mass is 323 g/mol. The van der Waals surface area contributed by atoms with E-state index in [4.69, 9.17) is 0 Å². The van der Waals surface area contributed by atoms with Crippen LogP contribution in [0.25, 0.3) is 0 Å². The van der Waals surface area contributed by atoms with Crippen LogP contribution in [0.2, 0.25) is 0 Å². The van der Waals surface area contributed by atoms with Crippen LogP contribution in [-0.2, 0) is 6.54 Å². The fraction of sp³-hybridized carbons (Fsp3) is 0.750. The number of nitrogens with zero attached hydrogens (tertiary/aromatic N) is 3. The molecule has 0 bridgehead atoms. The lowest BCUT2D eigenvalue weighted by molar-refractivity contribution is 0.157. The summed E-state index contributed by atoms with van der Waals surface area (Å²) in [5, 5.41) is 7.91. The van der Waals surface area contributed by atoms with E-state index in [1.165, 1.54) is 30.7 Å². The van der Waals surface area contributed by atoms with E-state index in [-0.39, 0.29) is 0 Å². The molecule has 22 heavy (non-hydrogen) atoms. The zero-order valence-corrected chi connectivity index (χ0v) is 14.9. The molecule has 1 unspecified atom stereocenters. The van der Waals surface area contributed by atoms with Crippen molar-refractivity contribution in [1.29, 1.82) is 0 Å². The van der Waals surface area contributed by atoms with Gasteiger partial charge < -0.3 is 10.6 Å². The van der Waals surface area contributed by atoms with E-state index in [1.807, 2.05) is 6.20 Å². The molecule has 0 aromatic carbocycles. The third-order valence-corrected chi connectivity index (χ3v) is 4.94. The fourth-order valence-corrected chi connectivity index (χ4v) is 3.60. The van der Waals surface area contributed by atoms with Crippen LogP contribution >= 0.6 is 11.3 Å². The average molecular weight is 324 g/mol. The largest absolute Gasteiger partial charge is 0.357 e. The average Bonchev–Trinajstić information content (AvgIpc) is 2.96. The van der Waals surface area contributed by atoms with Crippen molar-refractivity contribution in [2.75, 3.05) is 26.2 Å². The Morgan fingerprint density at radius 1 is 1.41 bits per heavy atom. The minimum Gasteiger partial charge on any atom is -0.357 e. The Hall–Kier alpha value is -1.14. The molecule has 6 heteroatoms. The van der Waals surface area contributed by atoms with E-state index < -0.39 is 0 Å². The lowest BCUT2D eigenvalue weighted by atomic mass is 10.0. The van der Waals surface area contributed by atoms with Crippen molar-refractivity contribution in [3.05, 3.63) is 16.1 Å². The summed E-state index contributed by atoms with van der Waals surface area (Å²) >= 11 is 1.72. The Bertz CT molecular complexity index is 471. The Morgan fingerprint density at radius 3 is 2.95 bits per heavy atom. The summed E-state index contributed by atoms with van der Waals surface area (Å²) in [5.74, 6) is 0.900. The number of aliphatic imine (C=N–C) groups is 1. The van der Waals surface area contributed by atoms with Gasteiger partial charge in [-0.2, -0.15) is 0 Å². The normalized spacial score (nSPS) is 20.1. The molecule has 5 nitrogen and oxygen atoms in total. The molecule has 0 saturated carbocycles. The molecule has 2 rings (SSSR count). The summed E-state index contributed by atoms with van der Waals surface area (Å²) in [7, 11) is 0. The van der Waals surface area contributed by atoms with E-state index in [1.54, 1.807) is 11.3 Å². The highest BCUT2D eigenvalue weighted by molar-refractivity contribution is 7.11. The van der Waals surface area contributed by atoms with Gasteiger partial charge in [0.05, 0.1) is 6.54 Å². The summed E-state index contributed by atoms with van der Waals surface area (Å²) < 4.78 is 0. The quantitative estimate of drug-likeness (QED) is 0.623.